The highest BCUT2D eigenvalue weighted by Crippen LogP contribution is 2.28. The molecule has 1 saturated heterocycles. The monoisotopic (exact) mass is 422 g/mol. The molecule has 154 valence electrons. The molecule has 0 saturated carbocycles. The van der Waals surface area contributed by atoms with E-state index in [0.717, 1.165) is 22.2 Å². The summed E-state index contributed by atoms with van der Waals surface area (Å²) in [6.07, 6.45) is 1.25. The van der Waals surface area contributed by atoms with Gasteiger partial charge in [-0.3, -0.25) is 9.59 Å². The molecule has 6 heteroatoms. The van der Waals surface area contributed by atoms with Crippen LogP contribution in [-0.2, 0) is 9.53 Å². The molecule has 0 N–H and O–H groups in total. The fourth-order valence-corrected chi connectivity index (χ4v) is 4.00. The molecule has 5 nitrogen and oxygen atoms in total. The fourth-order valence-electron chi connectivity index (χ4n) is 3.87. The van der Waals surface area contributed by atoms with E-state index in [1.165, 1.54) is 0 Å². The number of halogens is 1. The topological polar surface area (TPSA) is 59.5 Å². The van der Waals surface area contributed by atoms with E-state index in [4.69, 9.17) is 21.3 Å². The molecule has 0 aliphatic carbocycles. The lowest BCUT2D eigenvalue weighted by Crippen LogP contribution is -2.40. The summed E-state index contributed by atoms with van der Waals surface area (Å²) in [5.74, 6) is -0.331. The third kappa shape index (κ3) is 4.17. The Morgan fingerprint density at radius 3 is 2.50 bits per heavy atom. The normalized spacial score (nSPS) is 14.7. The number of benzene rings is 2. The van der Waals surface area contributed by atoms with Crippen LogP contribution in [0.2, 0.25) is 5.02 Å². The van der Waals surface area contributed by atoms with E-state index in [9.17, 15) is 9.59 Å². The third-order valence-corrected chi connectivity index (χ3v) is 5.74. The molecule has 0 bridgehead atoms. The van der Waals surface area contributed by atoms with Gasteiger partial charge in [-0.15, -0.1) is 0 Å². The summed E-state index contributed by atoms with van der Waals surface area (Å²) >= 11 is 6.02. The number of pyridine rings is 1. The van der Waals surface area contributed by atoms with Crippen molar-refractivity contribution in [1.29, 1.82) is 0 Å². The van der Waals surface area contributed by atoms with Crippen LogP contribution in [0.25, 0.3) is 22.2 Å². The molecule has 1 aliphatic heterocycles. The summed E-state index contributed by atoms with van der Waals surface area (Å²) in [5.41, 5.74) is 3.03. The molecule has 1 fully saturated rings. The number of aromatic nitrogens is 1. The lowest BCUT2D eigenvalue weighted by molar-refractivity contribution is -0.149. The van der Waals surface area contributed by atoms with Crippen LogP contribution in [0.5, 0.6) is 0 Å². The van der Waals surface area contributed by atoms with Crippen molar-refractivity contribution in [3.8, 4) is 11.3 Å². The molecule has 0 spiro atoms. The Hall–Kier alpha value is -2.92. The Morgan fingerprint density at radius 1 is 1.10 bits per heavy atom. The lowest BCUT2D eigenvalue weighted by atomic mass is 9.95. The van der Waals surface area contributed by atoms with Crippen molar-refractivity contribution >= 4 is 34.4 Å². The van der Waals surface area contributed by atoms with Crippen LogP contribution < -0.4 is 0 Å². The molecule has 1 amide bonds. The molecule has 3 aromatic rings. The minimum absolute atomic E-state index is 0.0360. The second kappa shape index (κ2) is 8.84. The zero-order valence-electron chi connectivity index (χ0n) is 16.8. The Balaban J connectivity index is 1.64. The van der Waals surface area contributed by atoms with Crippen molar-refractivity contribution in [2.75, 3.05) is 19.7 Å². The number of fused-ring (bicyclic) bond motifs is 1. The van der Waals surface area contributed by atoms with Gasteiger partial charge >= 0.3 is 5.97 Å². The number of hydrogen-bond donors (Lipinski definition) is 0. The number of piperidine rings is 1. The predicted molar refractivity (Wildman–Crippen MR) is 117 cm³/mol. The number of esters is 1. The smallest absolute Gasteiger partial charge is 0.309 e. The molecular formula is C24H23ClN2O3. The molecule has 0 radical (unpaired) electrons. The Labute approximate surface area is 180 Å². The van der Waals surface area contributed by atoms with Gasteiger partial charge in [0.05, 0.1) is 29.3 Å². The Morgan fingerprint density at radius 2 is 1.80 bits per heavy atom. The van der Waals surface area contributed by atoms with Gasteiger partial charge in [-0.05, 0) is 44.0 Å². The van der Waals surface area contributed by atoms with Crippen LogP contribution in [0.15, 0.2) is 54.6 Å². The molecule has 1 aromatic heterocycles. The van der Waals surface area contributed by atoms with Crippen molar-refractivity contribution in [1.82, 2.24) is 9.88 Å². The average Bonchev–Trinajstić information content (AvgIpc) is 2.78. The van der Waals surface area contributed by atoms with E-state index in [2.05, 4.69) is 0 Å². The van der Waals surface area contributed by atoms with Gasteiger partial charge in [0.25, 0.3) is 5.91 Å². The van der Waals surface area contributed by atoms with Crippen LogP contribution in [0.3, 0.4) is 0 Å². The molecule has 1 aliphatic rings. The first-order valence-electron chi connectivity index (χ1n) is 10.2. The van der Waals surface area contributed by atoms with Gasteiger partial charge < -0.3 is 9.64 Å². The van der Waals surface area contributed by atoms with Gasteiger partial charge in [0, 0.05) is 29.1 Å². The Bertz CT molecular complexity index is 1070. The van der Waals surface area contributed by atoms with Gasteiger partial charge in [0.2, 0.25) is 0 Å². The minimum Gasteiger partial charge on any atom is -0.466 e. The number of amides is 1. The van der Waals surface area contributed by atoms with Crippen LogP contribution in [0.1, 0.15) is 30.1 Å². The van der Waals surface area contributed by atoms with Gasteiger partial charge in [0.1, 0.15) is 0 Å². The van der Waals surface area contributed by atoms with E-state index in [0.29, 0.717) is 43.1 Å². The van der Waals surface area contributed by atoms with Gasteiger partial charge in [-0.2, -0.15) is 0 Å². The van der Waals surface area contributed by atoms with Gasteiger partial charge in [0.15, 0.2) is 0 Å². The predicted octanol–water partition coefficient (Wildman–Crippen LogP) is 4.97. The fraction of sp³-hybridized carbons (Fsp3) is 0.292. The standard InChI is InChI=1S/C24H23ClN2O3/c1-2-30-24(29)17-11-13-27(14-12-17)23(28)20-15-22(16-7-9-18(25)10-8-16)26-21-6-4-3-5-19(20)21/h3-10,15,17H,2,11-14H2,1H3. The summed E-state index contributed by atoms with van der Waals surface area (Å²) in [5, 5.41) is 1.48. The summed E-state index contributed by atoms with van der Waals surface area (Å²) in [6, 6.07) is 17.0. The van der Waals surface area contributed by atoms with E-state index in [1.807, 2.05) is 66.4 Å². The Kier molecular flexibility index (Phi) is 6.00. The van der Waals surface area contributed by atoms with Crippen LogP contribution in [0.4, 0.5) is 0 Å². The van der Waals surface area contributed by atoms with Crippen LogP contribution >= 0.6 is 11.6 Å². The maximum atomic E-state index is 13.4. The first kappa shape index (κ1) is 20.4. The third-order valence-electron chi connectivity index (χ3n) is 5.49. The van der Waals surface area contributed by atoms with Crippen molar-refractivity contribution in [3.63, 3.8) is 0 Å². The molecule has 0 unspecified atom stereocenters. The number of rotatable bonds is 4. The highest BCUT2D eigenvalue weighted by atomic mass is 35.5. The molecule has 0 atom stereocenters. The minimum atomic E-state index is -0.163. The zero-order chi connectivity index (χ0) is 21.1. The van der Waals surface area contributed by atoms with Gasteiger partial charge in [-0.1, -0.05) is 41.9 Å². The molecule has 2 aromatic carbocycles. The van der Waals surface area contributed by atoms with E-state index in [-0.39, 0.29) is 17.8 Å². The molecule has 4 rings (SSSR count). The van der Waals surface area contributed by atoms with Crippen molar-refractivity contribution in [2.45, 2.75) is 19.8 Å². The van der Waals surface area contributed by atoms with Crippen LogP contribution in [0, 0.1) is 5.92 Å². The number of likely N-dealkylation sites (tertiary alicyclic amines) is 1. The maximum Gasteiger partial charge on any atom is 0.309 e. The molecule has 30 heavy (non-hydrogen) atoms. The number of carbonyl (C=O) groups is 2. The maximum absolute atomic E-state index is 13.4. The van der Waals surface area contributed by atoms with Gasteiger partial charge in [-0.25, -0.2) is 4.98 Å². The summed E-state index contributed by atoms with van der Waals surface area (Å²) in [4.78, 5) is 32.0. The summed E-state index contributed by atoms with van der Waals surface area (Å²) in [6.45, 7) is 3.27. The second-order valence-corrected chi connectivity index (χ2v) is 7.83. The van der Waals surface area contributed by atoms with E-state index in [1.54, 1.807) is 0 Å². The summed E-state index contributed by atoms with van der Waals surface area (Å²) < 4.78 is 5.13. The summed E-state index contributed by atoms with van der Waals surface area (Å²) in [7, 11) is 0. The highest BCUT2D eigenvalue weighted by molar-refractivity contribution is 6.30. The second-order valence-electron chi connectivity index (χ2n) is 7.40. The van der Waals surface area contributed by atoms with Crippen molar-refractivity contribution < 1.29 is 14.3 Å². The SMILES string of the molecule is CCOC(=O)C1CCN(C(=O)c2cc(-c3ccc(Cl)cc3)nc3ccccc23)CC1. The number of hydrogen-bond acceptors (Lipinski definition) is 4. The number of carbonyl (C=O) groups excluding carboxylic acids is 2. The largest absolute Gasteiger partial charge is 0.466 e. The molecular weight excluding hydrogens is 400 g/mol. The van der Waals surface area contributed by atoms with Crippen molar-refractivity contribution in [2.24, 2.45) is 5.92 Å². The van der Waals surface area contributed by atoms with Crippen molar-refractivity contribution in [3.05, 3.63) is 65.2 Å². The zero-order valence-corrected chi connectivity index (χ0v) is 17.6. The van der Waals surface area contributed by atoms with E-state index >= 15 is 0 Å². The highest BCUT2D eigenvalue weighted by Gasteiger charge is 2.29. The number of nitrogens with zero attached hydrogens (tertiary/aromatic N) is 2. The number of para-hydroxylation sites is 1. The quantitative estimate of drug-likeness (QED) is 0.557. The lowest BCUT2D eigenvalue weighted by Gasteiger charge is -2.31. The number of ether oxygens (including phenoxy) is 1. The van der Waals surface area contributed by atoms with Crippen LogP contribution in [-0.4, -0.2) is 41.5 Å². The average molecular weight is 423 g/mol. The first-order chi connectivity index (χ1) is 14.6. The molecule has 2 heterocycles. The first-order valence-corrected chi connectivity index (χ1v) is 10.6. The van der Waals surface area contributed by atoms with E-state index < -0.39 is 0 Å².